The molecule has 0 spiro atoms. The Bertz CT molecular complexity index is 206. The summed E-state index contributed by atoms with van der Waals surface area (Å²) in [6.07, 6.45) is 19.9. The average molecular weight is 344 g/mol. The second kappa shape index (κ2) is 19.2. The van der Waals surface area contributed by atoms with Crippen LogP contribution in [0.15, 0.2) is 0 Å². The van der Waals surface area contributed by atoms with E-state index >= 15 is 0 Å². The van der Waals surface area contributed by atoms with Crippen LogP contribution in [-0.4, -0.2) is 36.1 Å². The molecule has 1 N–H and O–H groups in total. The van der Waals surface area contributed by atoms with Gasteiger partial charge in [0.2, 0.25) is 0 Å². The molecule has 2 nitrogen and oxygen atoms in total. The van der Waals surface area contributed by atoms with Gasteiger partial charge in [0.25, 0.3) is 0 Å². The Morgan fingerprint density at radius 3 is 1.00 bits per heavy atom. The van der Waals surface area contributed by atoms with Gasteiger partial charge in [0.15, 0.2) is 0 Å². The fraction of sp³-hybridized carbons (Fsp3) is 1.00. The quantitative estimate of drug-likeness (QED) is 0.192. The summed E-state index contributed by atoms with van der Waals surface area (Å²) in [5, 5.41) is 0. The van der Waals surface area contributed by atoms with Crippen molar-refractivity contribution in [1.29, 1.82) is 0 Å². The lowest BCUT2D eigenvalue weighted by molar-refractivity contribution is -0.929. The van der Waals surface area contributed by atoms with Crippen LogP contribution in [0.25, 0.3) is 0 Å². The van der Waals surface area contributed by atoms with Gasteiger partial charge in [-0.1, -0.05) is 79.1 Å². The normalized spacial score (nSPS) is 11.5. The highest BCUT2D eigenvalue weighted by Crippen LogP contribution is 2.18. The van der Waals surface area contributed by atoms with Crippen molar-refractivity contribution in [1.82, 2.24) is 0 Å². The Morgan fingerprint density at radius 1 is 0.375 bits per heavy atom. The summed E-state index contributed by atoms with van der Waals surface area (Å²) in [7, 11) is 0. The first-order valence-corrected chi connectivity index (χ1v) is 11.1. The van der Waals surface area contributed by atoms with E-state index in [0.29, 0.717) is 0 Å². The molecule has 0 aromatic carbocycles. The second-order valence-electron chi connectivity index (χ2n) is 7.77. The summed E-state index contributed by atoms with van der Waals surface area (Å²) in [6, 6.07) is 0. The Labute approximate surface area is 154 Å². The molecule has 0 bridgehead atoms. The molecule has 0 unspecified atom stereocenters. The minimum absolute atomic E-state index is 0. The van der Waals surface area contributed by atoms with Gasteiger partial charge in [-0.25, -0.2) is 0 Å². The molecular formula is C22H49NO. The maximum absolute atomic E-state index is 2.36. The number of quaternary nitrogens is 1. The van der Waals surface area contributed by atoms with Gasteiger partial charge in [0.1, 0.15) is 0 Å². The number of nitrogens with zero attached hydrogens (tertiary/aromatic N) is 1. The van der Waals surface area contributed by atoms with Crippen molar-refractivity contribution in [3.63, 3.8) is 0 Å². The van der Waals surface area contributed by atoms with E-state index in [9.17, 15) is 0 Å². The maximum Gasteiger partial charge on any atom is 0.0786 e. The van der Waals surface area contributed by atoms with E-state index in [-0.39, 0.29) is 5.48 Å². The molecule has 0 heterocycles. The molecular weight excluding hydrogens is 294 g/mol. The average Bonchev–Trinajstić information content (AvgIpc) is 2.57. The van der Waals surface area contributed by atoms with Crippen molar-refractivity contribution in [3.05, 3.63) is 0 Å². The molecule has 0 aromatic rings. The summed E-state index contributed by atoms with van der Waals surface area (Å²) in [5.74, 6) is 0. The van der Waals surface area contributed by atoms with Crippen LogP contribution < -0.4 is 0 Å². The highest BCUT2D eigenvalue weighted by Gasteiger charge is 2.25. The molecule has 0 amide bonds. The fourth-order valence-corrected chi connectivity index (χ4v) is 3.76. The third-order valence-electron chi connectivity index (χ3n) is 5.44. The minimum atomic E-state index is 0. The third kappa shape index (κ3) is 14.3. The first-order chi connectivity index (χ1) is 11.2. The van der Waals surface area contributed by atoms with Gasteiger partial charge < -0.3 is 9.96 Å². The molecule has 0 fully saturated rings. The number of hydrogen-bond acceptors (Lipinski definition) is 1. The molecule has 24 heavy (non-hydrogen) atoms. The highest BCUT2D eigenvalue weighted by molar-refractivity contribution is 4.52. The van der Waals surface area contributed by atoms with Gasteiger partial charge in [-0.05, 0) is 38.5 Å². The second-order valence-corrected chi connectivity index (χ2v) is 7.77. The zero-order valence-corrected chi connectivity index (χ0v) is 17.6. The maximum atomic E-state index is 2.36. The molecule has 0 radical (unpaired) electrons. The van der Waals surface area contributed by atoms with E-state index in [4.69, 9.17) is 0 Å². The Kier molecular flexibility index (Phi) is 21.0. The molecule has 2 heteroatoms. The first kappa shape index (κ1) is 26.2. The van der Waals surface area contributed by atoms with Crippen LogP contribution in [0.4, 0.5) is 0 Å². The SMILES string of the molecule is CCCCCCC[N+](CCCC)(CCCC)CCCCCCC.[OH-]. The molecule has 0 rings (SSSR count). The molecule has 0 aliphatic heterocycles. The Morgan fingerprint density at radius 2 is 0.667 bits per heavy atom. The van der Waals surface area contributed by atoms with Crippen LogP contribution >= 0.6 is 0 Å². The van der Waals surface area contributed by atoms with E-state index in [1.165, 1.54) is 121 Å². The summed E-state index contributed by atoms with van der Waals surface area (Å²) < 4.78 is 1.44. The lowest BCUT2D eigenvalue weighted by Crippen LogP contribution is -2.50. The lowest BCUT2D eigenvalue weighted by atomic mass is 10.1. The molecule has 0 saturated heterocycles. The van der Waals surface area contributed by atoms with E-state index in [1.54, 1.807) is 0 Å². The largest absolute Gasteiger partial charge is 0.870 e. The zero-order valence-electron chi connectivity index (χ0n) is 17.6. The lowest BCUT2D eigenvalue weighted by Gasteiger charge is -2.39. The topological polar surface area (TPSA) is 30.0 Å². The molecule has 0 aromatic heterocycles. The smallest absolute Gasteiger partial charge is 0.0786 e. The van der Waals surface area contributed by atoms with Crippen molar-refractivity contribution in [2.24, 2.45) is 0 Å². The monoisotopic (exact) mass is 343 g/mol. The van der Waals surface area contributed by atoms with Gasteiger partial charge in [-0.15, -0.1) is 0 Å². The Balaban J connectivity index is 0. The van der Waals surface area contributed by atoms with Crippen LogP contribution in [0.2, 0.25) is 0 Å². The molecule has 0 aliphatic carbocycles. The van der Waals surface area contributed by atoms with Crippen molar-refractivity contribution in [2.75, 3.05) is 26.2 Å². The summed E-state index contributed by atoms with van der Waals surface area (Å²) >= 11 is 0. The van der Waals surface area contributed by atoms with Crippen LogP contribution in [0.3, 0.4) is 0 Å². The predicted octanol–water partition coefficient (Wildman–Crippen LogP) is 7.17. The highest BCUT2D eigenvalue weighted by atomic mass is 16.0. The van der Waals surface area contributed by atoms with Crippen LogP contribution in [0.5, 0.6) is 0 Å². The van der Waals surface area contributed by atoms with Crippen molar-refractivity contribution < 1.29 is 9.96 Å². The van der Waals surface area contributed by atoms with Gasteiger partial charge in [0.05, 0.1) is 26.2 Å². The number of hydrogen-bond donors (Lipinski definition) is 0. The molecule has 0 aliphatic rings. The van der Waals surface area contributed by atoms with Crippen LogP contribution in [0, 0.1) is 0 Å². The zero-order chi connectivity index (χ0) is 17.2. The molecule has 0 saturated carbocycles. The van der Waals surface area contributed by atoms with Gasteiger partial charge in [-0.2, -0.15) is 0 Å². The van der Waals surface area contributed by atoms with E-state index in [1.807, 2.05) is 0 Å². The minimum Gasteiger partial charge on any atom is -0.870 e. The van der Waals surface area contributed by atoms with Crippen molar-refractivity contribution in [3.8, 4) is 0 Å². The Hall–Kier alpha value is -0.0800. The summed E-state index contributed by atoms with van der Waals surface area (Å²) in [5.41, 5.74) is 0. The fourth-order valence-electron chi connectivity index (χ4n) is 3.76. The predicted molar refractivity (Wildman–Crippen MR) is 109 cm³/mol. The number of rotatable bonds is 18. The molecule has 0 atom stereocenters. The first-order valence-electron chi connectivity index (χ1n) is 11.1. The summed E-state index contributed by atoms with van der Waals surface area (Å²) in [4.78, 5) is 0. The summed E-state index contributed by atoms with van der Waals surface area (Å²) in [6.45, 7) is 15.2. The van der Waals surface area contributed by atoms with Crippen molar-refractivity contribution >= 4 is 0 Å². The van der Waals surface area contributed by atoms with Crippen LogP contribution in [-0.2, 0) is 0 Å². The molecule has 148 valence electrons. The number of unbranched alkanes of at least 4 members (excludes halogenated alkanes) is 10. The van der Waals surface area contributed by atoms with Crippen LogP contribution in [0.1, 0.15) is 118 Å². The van der Waals surface area contributed by atoms with Gasteiger partial charge >= 0.3 is 0 Å². The van der Waals surface area contributed by atoms with Crippen molar-refractivity contribution in [2.45, 2.75) is 118 Å². The third-order valence-corrected chi connectivity index (χ3v) is 5.44. The van der Waals surface area contributed by atoms with Gasteiger partial charge in [-0.3, -0.25) is 0 Å². The standard InChI is InChI=1S/C22H48N.H2O/c1-5-9-13-15-17-21-23(19-11-7-3,20-12-8-4)22-18-16-14-10-6-2;/h5-22H2,1-4H3;1H2/q+1;/p-1. The van der Waals surface area contributed by atoms with E-state index < -0.39 is 0 Å². The van der Waals surface area contributed by atoms with Gasteiger partial charge in [0, 0.05) is 0 Å². The van der Waals surface area contributed by atoms with E-state index in [2.05, 4.69) is 27.7 Å². The van der Waals surface area contributed by atoms with E-state index in [0.717, 1.165) is 0 Å².